The summed E-state index contributed by atoms with van der Waals surface area (Å²) in [5.41, 5.74) is 0. The molecule has 3 unspecified atom stereocenters. The second-order valence-corrected chi connectivity index (χ2v) is 4.92. The van der Waals surface area contributed by atoms with E-state index in [4.69, 9.17) is 4.74 Å². The van der Waals surface area contributed by atoms with Gasteiger partial charge < -0.3 is 4.74 Å². The number of ether oxygens (including phenoxy) is 1. The highest BCUT2D eigenvalue weighted by atomic mass is 127. The van der Waals surface area contributed by atoms with Gasteiger partial charge in [-0.3, -0.25) is 0 Å². The van der Waals surface area contributed by atoms with Gasteiger partial charge in [0.2, 0.25) is 0 Å². The van der Waals surface area contributed by atoms with Gasteiger partial charge in [0.05, 0.1) is 12.2 Å². The highest BCUT2D eigenvalue weighted by Gasteiger charge is 2.32. The molecule has 0 aliphatic carbocycles. The minimum atomic E-state index is 0.605. The molecule has 0 aromatic rings. The van der Waals surface area contributed by atoms with E-state index in [0.29, 0.717) is 12.2 Å². The highest BCUT2D eigenvalue weighted by Crippen LogP contribution is 2.34. The summed E-state index contributed by atoms with van der Waals surface area (Å²) in [6, 6.07) is 0. The summed E-state index contributed by atoms with van der Waals surface area (Å²) in [5, 5.41) is 0. The number of halogens is 1. The van der Waals surface area contributed by atoms with Gasteiger partial charge in [-0.05, 0) is 32.1 Å². The lowest BCUT2D eigenvalue weighted by molar-refractivity contribution is 0.0547. The Morgan fingerprint density at radius 3 is 2.90 bits per heavy atom. The first-order valence-electron chi connectivity index (χ1n) is 4.16. The van der Waals surface area contributed by atoms with Gasteiger partial charge >= 0.3 is 0 Å². The normalized spacial score (nSPS) is 47.1. The topological polar surface area (TPSA) is 9.23 Å². The molecule has 0 amide bonds. The SMILES string of the molecule is IC1CCCC2CCC1O2. The quantitative estimate of drug-likeness (QED) is 0.475. The molecule has 0 aromatic carbocycles. The molecule has 1 nitrogen and oxygen atoms in total. The lowest BCUT2D eigenvalue weighted by Gasteiger charge is -2.13. The fourth-order valence-corrected chi connectivity index (χ4v) is 2.91. The van der Waals surface area contributed by atoms with Crippen LogP contribution >= 0.6 is 22.6 Å². The third kappa shape index (κ3) is 1.33. The lowest BCUT2D eigenvalue weighted by Crippen LogP contribution is -2.17. The zero-order valence-electron chi connectivity index (χ0n) is 6.05. The van der Waals surface area contributed by atoms with Crippen LogP contribution in [0.1, 0.15) is 32.1 Å². The number of alkyl halides is 1. The summed E-state index contributed by atoms with van der Waals surface area (Å²) in [6.45, 7) is 0. The maximum atomic E-state index is 5.83. The molecule has 3 atom stereocenters. The zero-order valence-corrected chi connectivity index (χ0v) is 8.21. The van der Waals surface area contributed by atoms with E-state index in [1.54, 1.807) is 0 Å². The molecule has 0 aromatic heterocycles. The number of rotatable bonds is 0. The molecule has 2 heteroatoms. The maximum absolute atomic E-state index is 5.83. The third-order valence-electron chi connectivity index (χ3n) is 2.55. The van der Waals surface area contributed by atoms with Crippen molar-refractivity contribution < 1.29 is 4.74 Å². The van der Waals surface area contributed by atoms with Crippen LogP contribution < -0.4 is 0 Å². The summed E-state index contributed by atoms with van der Waals surface area (Å²) >= 11 is 2.55. The Morgan fingerprint density at radius 2 is 2.00 bits per heavy atom. The first kappa shape index (κ1) is 7.35. The molecule has 2 bridgehead atoms. The third-order valence-corrected chi connectivity index (χ3v) is 3.97. The van der Waals surface area contributed by atoms with Gasteiger partial charge in [-0.15, -0.1) is 0 Å². The summed E-state index contributed by atoms with van der Waals surface area (Å²) in [7, 11) is 0. The molecular formula is C8H13IO. The van der Waals surface area contributed by atoms with Crippen molar-refractivity contribution in [1.82, 2.24) is 0 Å². The van der Waals surface area contributed by atoms with Gasteiger partial charge in [-0.1, -0.05) is 22.6 Å². The molecular weight excluding hydrogens is 239 g/mol. The number of hydrogen-bond acceptors (Lipinski definition) is 1. The average Bonchev–Trinajstić information content (AvgIpc) is 2.27. The van der Waals surface area contributed by atoms with Gasteiger partial charge in [0.15, 0.2) is 0 Å². The number of hydrogen-bond donors (Lipinski definition) is 0. The van der Waals surface area contributed by atoms with Crippen LogP contribution in [-0.2, 0) is 4.74 Å². The van der Waals surface area contributed by atoms with Crippen LogP contribution in [0.25, 0.3) is 0 Å². The van der Waals surface area contributed by atoms with Gasteiger partial charge in [0, 0.05) is 3.92 Å². The van der Waals surface area contributed by atoms with E-state index in [-0.39, 0.29) is 0 Å². The van der Waals surface area contributed by atoms with E-state index in [1.807, 2.05) is 0 Å². The predicted octanol–water partition coefficient (Wildman–Crippen LogP) is 2.52. The Labute approximate surface area is 75.7 Å². The van der Waals surface area contributed by atoms with E-state index in [0.717, 1.165) is 3.92 Å². The Morgan fingerprint density at radius 1 is 1.10 bits per heavy atom. The van der Waals surface area contributed by atoms with E-state index < -0.39 is 0 Å². The first-order chi connectivity index (χ1) is 4.86. The lowest BCUT2D eigenvalue weighted by atomic mass is 10.0. The Hall–Kier alpha value is 0.690. The Bertz CT molecular complexity index is 126. The Balaban J connectivity index is 2.03. The smallest absolute Gasteiger partial charge is 0.0697 e. The molecule has 0 N–H and O–H groups in total. The summed E-state index contributed by atoms with van der Waals surface area (Å²) in [6.07, 6.45) is 7.95. The highest BCUT2D eigenvalue weighted by molar-refractivity contribution is 14.1. The van der Waals surface area contributed by atoms with E-state index in [2.05, 4.69) is 22.6 Å². The van der Waals surface area contributed by atoms with Gasteiger partial charge in [0.25, 0.3) is 0 Å². The van der Waals surface area contributed by atoms with Crippen molar-refractivity contribution in [3.05, 3.63) is 0 Å². The molecule has 2 aliphatic rings. The number of fused-ring (bicyclic) bond motifs is 2. The molecule has 2 aliphatic heterocycles. The van der Waals surface area contributed by atoms with Crippen LogP contribution in [-0.4, -0.2) is 16.1 Å². The Kier molecular flexibility index (Phi) is 2.18. The monoisotopic (exact) mass is 252 g/mol. The molecule has 58 valence electrons. The van der Waals surface area contributed by atoms with Crippen LogP contribution in [0.4, 0.5) is 0 Å². The maximum Gasteiger partial charge on any atom is 0.0697 e. The van der Waals surface area contributed by atoms with Crippen molar-refractivity contribution in [2.24, 2.45) is 0 Å². The zero-order chi connectivity index (χ0) is 6.97. The molecule has 0 spiro atoms. The van der Waals surface area contributed by atoms with Crippen LogP contribution in [0.3, 0.4) is 0 Å². The van der Waals surface area contributed by atoms with Crippen LogP contribution in [0.2, 0.25) is 0 Å². The molecule has 10 heavy (non-hydrogen) atoms. The van der Waals surface area contributed by atoms with E-state index in [1.165, 1.54) is 32.1 Å². The van der Waals surface area contributed by atoms with Crippen molar-refractivity contribution >= 4 is 22.6 Å². The minimum Gasteiger partial charge on any atom is -0.374 e. The summed E-state index contributed by atoms with van der Waals surface area (Å²) in [4.78, 5) is 0. The average molecular weight is 252 g/mol. The van der Waals surface area contributed by atoms with Gasteiger partial charge in [-0.2, -0.15) is 0 Å². The largest absolute Gasteiger partial charge is 0.374 e. The molecule has 2 saturated heterocycles. The fraction of sp³-hybridized carbons (Fsp3) is 1.00. The van der Waals surface area contributed by atoms with Crippen molar-refractivity contribution in [1.29, 1.82) is 0 Å². The molecule has 2 rings (SSSR count). The van der Waals surface area contributed by atoms with Crippen molar-refractivity contribution in [3.63, 3.8) is 0 Å². The van der Waals surface area contributed by atoms with Crippen molar-refractivity contribution in [2.75, 3.05) is 0 Å². The first-order valence-corrected chi connectivity index (χ1v) is 5.40. The molecule has 2 fully saturated rings. The van der Waals surface area contributed by atoms with Crippen molar-refractivity contribution in [3.8, 4) is 0 Å². The van der Waals surface area contributed by atoms with Gasteiger partial charge in [-0.25, -0.2) is 0 Å². The van der Waals surface area contributed by atoms with Crippen LogP contribution in [0.5, 0.6) is 0 Å². The van der Waals surface area contributed by atoms with Crippen LogP contribution in [0, 0.1) is 0 Å². The standard InChI is InChI=1S/C8H13IO/c9-7-3-1-2-6-4-5-8(7)10-6/h6-8H,1-5H2. The second-order valence-electron chi connectivity index (χ2n) is 3.32. The molecule has 2 heterocycles. The second kappa shape index (κ2) is 2.97. The summed E-state index contributed by atoms with van der Waals surface area (Å²) < 4.78 is 6.62. The van der Waals surface area contributed by atoms with Gasteiger partial charge in [0.1, 0.15) is 0 Å². The predicted molar refractivity (Wildman–Crippen MR) is 49.6 cm³/mol. The van der Waals surface area contributed by atoms with E-state index in [9.17, 15) is 0 Å². The van der Waals surface area contributed by atoms with Crippen LogP contribution in [0.15, 0.2) is 0 Å². The summed E-state index contributed by atoms with van der Waals surface area (Å²) in [5.74, 6) is 0. The van der Waals surface area contributed by atoms with Crippen molar-refractivity contribution in [2.45, 2.75) is 48.2 Å². The fourth-order valence-electron chi connectivity index (χ4n) is 1.94. The molecule has 0 saturated carbocycles. The minimum absolute atomic E-state index is 0.605. The van der Waals surface area contributed by atoms with E-state index >= 15 is 0 Å². The molecule has 0 radical (unpaired) electrons.